The molecule has 3 aromatic rings. The molecule has 0 unspecified atom stereocenters. The molecule has 0 fully saturated rings. The van der Waals surface area contributed by atoms with Crippen LogP contribution in [0.3, 0.4) is 0 Å². The largest absolute Gasteiger partial charge is 0.352 e. The molecule has 1 amide bonds. The molecule has 0 aliphatic carbocycles. The van der Waals surface area contributed by atoms with Crippen LogP contribution in [0.2, 0.25) is 5.02 Å². The molecule has 0 aliphatic rings. The standard InChI is InChI=1S/C17H18ClN5OS/c1-10-13(11(2)23-16(20-10)21-17(22-23)25-3)8-15(24)19-9-12-6-4-5-7-14(12)18/h4-7H,8-9H2,1-3H3,(H,19,24). The molecule has 0 saturated carbocycles. The number of fused-ring (bicyclic) bond motifs is 1. The van der Waals surface area contributed by atoms with Gasteiger partial charge in [0.1, 0.15) is 0 Å². The summed E-state index contributed by atoms with van der Waals surface area (Å²) >= 11 is 7.58. The molecule has 25 heavy (non-hydrogen) atoms. The molecular weight excluding hydrogens is 358 g/mol. The minimum Gasteiger partial charge on any atom is -0.352 e. The first-order valence-corrected chi connectivity index (χ1v) is 9.36. The zero-order valence-electron chi connectivity index (χ0n) is 14.2. The number of amides is 1. The van der Waals surface area contributed by atoms with Gasteiger partial charge in [-0.1, -0.05) is 41.6 Å². The van der Waals surface area contributed by atoms with Gasteiger partial charge >= 0.3 is 0 Å². The number of hydrogen-bond acceptors (Lipinski definition) is 5. The van der Waals surface area contributed by atoms with Gasteiger partial charge in [0.05, 0.1) is 6.42 Å². The van der Waals surface area contributed by atoms with Crippen molar-refractivity contribution in [2.45, 2.75) is 32.0 Å². The van der Waals surface area contributed by atoms with Crippen molar-refractivity contribution < 1.29 is 4.79 Å². The summed E-state index contributed by atoms with van der Waals surface area (Å²) in [6, 6.07) is 7.46. The van der Waals surface area contributed by atoms with Crippen LogP contribution in [0, 0.1) is 13.8 Å². The van der Waals surface area contributed by atoms with Crippen LogP contribution >= 0.6 is 23.4 Å². The maximum atomic E-state index is 12.4. The fourth-order valence-corrected chi connectivity index (χ4v) is 3.13. The molecule has 0 atom stereocenters. The van der Waals surface area contributed by atoms with Crippen molar-refractivity contribution in [2.75, 3.05) is 6.26 Å². The lowest BCUT2D eigenvalue weighted by molar-refractivity contribution is -0.120. The number of halogens is 1. The van der Waals surface area contributed by atoms with Crippen LogP contribution in [-0.4, -0.2) is 31.7 Å². The monoisotopic (exact) mass is 375 g/mol. The number of aryl methyl sites for hydroxylation is 2. The third-order valence-electron chi connectivity index (χ3n) is 3.98. The molecule has 0 radical (unpaired) electrons. The Bertz CT molecular complexity index is 940. The van der Waals surface area contributed by atoms with Crippen molar-refractivity contribution in [3.05, 3.63) is 51.8 Å². The maximum Gasteiger partial charge on any atom is 0.253 e. The van der Waals surface area contributed by atoms with Gasteiger partial charge in [-0.05, 0) is 31.7 Å². The highest BCUT2D eigenvalue weighted by molar-refractivity contribution is 7.98. The molecule has 3 rings (SSSR count). The van der Waals surface area contributed by atoms with Crippen LogP contribution in [0.25, 0.3) is 5.78 Å². The fraction of sp³-hybridized carbons (Fsp3) is 0.294. The average Bonchev–Trinajstić information content (AvgIpc) is 3.01. The predicted molar refractivity (Wildman–Crippen MR) is 99.0 cm³/mol. The van der Waals surface area contributed by atoms with E-state index in [9.17, 15) is 4.79 Å². The summed E-state index contributed by atoms with van der Waals surface area (Å²) in [7, 11) is 0. The molecule has 1 N–H and O–H groups in total. The van der Waals surface area contributed by atoms with Gasteiger partial charge in [0.2, 0.25) is 11.1 Å². The molecule has 1 aromatic carbocycles. The molecule has 2 heterocycles. The molecule has 8 heteroatoms. The maximum absolute atomic E-state index is 12.4. The quantitative estimate of drug-likeness (QED) is 0.694. The summed E-state index contributed by atoms with van der Waals surface area (Å²) in [5.41, 5.74) is 3.42. The number of rotatable bonds is 5. The van der Waals surface area contributed by atoms with Crippen molar-refractivity contribution >= 4 is 35.0 Å². The highest BCUT2D eigenvalue weighted by Crippen LogP contribution is 2.18. The highest BCUT2D eigenvalue weighted by atomic mass is 35.5. The van der Waals surface area contributed by atoms with Gasteiger partial charge in [0.15, 0.2) is 0 Å². The number of nitrogens with one attached hydrogen (secondary N) is 1. The Morgan fingerprint density at radius 1 is 1.28 bits per heavy atom. The molecule has 0 bridgehead atoms. The molecule has 0 aliphatic heterocycles. The number of thioether (sulfide) groups is 1. The Balaban J connectivity index is 1.77. The third kappa shape index (κ3) is 3.77. The minimum absolute atomic E-state index is 0.0857. The Morgan fingerprint density at radius 2 is 2.04 bits per heavy atom. The van der Waals surface area contributed by atoms with E-state index in [0.717, 1.165) is 22.5 Å². The van der Waals surface area contributed by atoms with E-state index in [-0.39, 0.29) is 12.3 Å². The molecule has 130 valence electrons. The van der Waals surface area contributed by atoms with E-state index in [1.165, 1.54) is 11.8 Å². The number of aromatic nitrogens is 4. The van der Waals surface area contributed by atoms with Crippen molar-refractivity contribution in [3.8, 4) is 0 Å². The highest BCUT2D eigenvalue weighted by Gasteiger charge is 2.16. The number of carbonyl (C=O) groups excluding carboxylic acids is 1. The zero-order valence-corrected chi connectivity index (χ0v) is 15.8. The van der Waals surface area contributed by atoms with Gasteiger partial charge in [-0.2, -0.15) is 4.98 Å². The van der Waals surface area contributed by atoms with E-state index in [0.29, 0.717) is 22.5 Å². The molecule has 2 aromatic heterocycles. The minimum atomic E-state index is -0.0857. The van der Waals surface area contributed by atoms with Crippen molar-refractivity contribution in [1.82, 2.24) is 24.9 Å². The lowest BCUT2D eigenvalue weighted by Gasteiger charge is -2.11. The van der Waals surface area contributed by atoms with Gasteiger partial charge in [-0.25, -0.2) is 9.50 Å². The Kier molecular flexibility index (Phi) is 5.24. The van der Waals surface area contributed by atoms with Gasteiger partial charge in [0, 0.05) is 28.5 Å². The number of benzene rings is 1. The predicted octanol–water partition coefficient (Wildman–Crippen LogP) is 2.98. The van der Waals surface area contributed by atoms with Crippen LogP contribution in [0.5, 0.6) is 0 Å². The topological polar surface area (TPSA) is 72.2 Å². The van der Waals surface area contributed by atoms with E-state index in [1.807, 2.05) is 44.4 Å². The van der Waals surface area contributed by atoms with Gasteiger partial charge in [-0.3, -0.25) is 4.79 Å². The van der Waals surface area contributed by atoms with E-state index < -0.39 is 0 Å². The average molecular weight is 376 g/mol. The first kappa shape index (κ1) is 17.7. The smallest absolute Gasteiger partial charge is 0.253 e. The van der Waals surface area contributed by atoms with E-state index in [2.05, 4.69) is 20.4 Å². The van der Waals surface area contributed by atoms with Crippen LogP contribution in [-0.2, 0) is 17.8 Å². The summed E-state index contributed by atoms with van der Waals surface area (Å²) in [5.74, 6) is 0.469. The number of carbonyl (C=O) groups is 1. The Morgan fingerprint density at radius 3 is 2.76 bits per heavy atom. The molecule has 0 saturated heterocycles. The number of hydrogen-bond donors (Lipinski definition) is 1. The van der Waals surface area contributed by atoms with E-state index in [4.69, 9.17) is 11.6 Å². The lowest BCUT2D eigenvalue weighted by Crippen LogP contribution is -2.26. The van der Waals surface area contributed by atoms with Crippen molar-refractivity contribution in [1.29, 1.82) is 0 Å². The van der Waals surface area contributed by atoms with Crippen LogP contribution in [0.4, 0.5) is 0 Å². The van der Waals surface area contributed by atoms with E-state index in [1.54, 1.807) is 4.52 Å². The number of nitrogens with zero attached hydrogens (tertiary/aromatic N) is 4. The van der Waals surface area contributed by atoms with Gasteiger partial charge < -0.3 is 5.32 Å². The molecule has 0 spiro atoms. The summed E-state index contributed by atoms with van der Waals surface area (Å²) < 4.78 is 1.69. The molecular formula is C17H18ClN5OS. The first-order valence-electron chi connectivity index (χ1n) is 7.76. The van der Waals surface area contributed by atoms with Crippen molar-refractivity contribution in [2.24, 2.45) is 0 Å². The normalized spacial score (nSPS) is 11.0. The second-order valence-electron chi connectivity index (χ2n) is 5.62. The van der Waals surface area contributed by atoms with Crippen molar-refractivity contribution in [3.63, 3.8) is 0 Å². The van der Waals surface area contributed by atoms with Gasteiger partial charge in [-0.15, -0.1) is 5.10 Å². The summed E-state index contributed by atoms with van der Waals surface area (Å²) in [6.07, 6.45) is 2.15. The van der Waals surface area contributed by atoms with Crippen LogP contribution in [0.15, 0.2) is 29.4 Å². The first-order chi connectivity index (χ1) is 12.0. The summed E-state index contributed by atoms with van der Waals surface area (Å²) in [4.78, 5) is 21.2. The second kappa shape index (κ2) is 7.41. The van der Waals surface area contributed by atoms with Crippen LogP contribution < -0.4 is 5.32 Å². The van der Waals surface area contributed by atoms with Gasteiger partial charge in [0.25, 0.3) is 5.78 Å². The fourth-order valence-electron chi connectivity index (χ4n) is 2.59. The summed E-state index contributed by atoms with van der Waals surface area (Å²) in [6.45, 7) is 4.21. The third-order valence-corrected chi connectivity index (χ3v) is 4.89. The SMILES string of the molecule is CSc1nc2nc(C)c(CC(=O)NCc3ccccc3Cl)c(C)n2n1. The summed E-state index contributed by atoms with van der Waals surface area (Å²) in [5, 5.41) is 8.61. The van der Waals surface area contributed by atoms with Crippen LogP contribution in [0.1, 0.15) is 22.5 Å². The lowest BCUT2D eigenvalue weighted by atomic mass is 10.1. The Labute approximate surface area is 155 Å². The van der Waals surface area contributed by atoms with E-state index >= 15 is 0 Å². The zero-order chi connectivity index (χ0) is 18.0. The molecule has 6 nitrogen and oxygen atoms in total. The second-order valence-corrected chi connectivity index (χ2v) is 6.80. The Hall–Kier alpha value is -2.12.